The van der Waals surface area contributed by atoms with E-state index in [4.69, 9.17) is 9.47 Å². The molecule has 1 heterocycles. The van der Waals surface area contributed by atoms with E-state index in [1.807, 2.05) is 18.2 Å². The second kappa shape index (κ2) is 8.65. The monoisotopic (exact) mass is 383 g/mol. The van der Waals surface area contributed by atoms with Gasteiger partial charge in [0.1, 0.15) is 11.5 Å². The summed E-state index contributed by atoms with van der Waals surface area (Å²) in [6.07, 6.45) is 1.59. The standard InChI is InChI=1S/C23H29NO4/c1-15-7-9-19(16(2)12-15)22(24-11-5-6-17(14-24)23(25)26)20-13-18(27-3)8-10-21(20)28-4/h7-10,12-13,17,22H,5-6,11,14H2,1-4H3,(H,25,26). The van der Waals surface area contributed by atoms with Gasteiger partial charge >= 0.3 is 5.97 Å². The zero-order chi connectivity index (χ0) is 20.3. The first-order valence-corrected chi connectivity index (χ1v) is 9.70. The molecular weight excluding hydrogens is 354 g/mol. The van der Waals surface area contributed by atoms with Crippen molar-refractivity contribution in [3.8, 4) is 11.5 Å². The SMILES string of the molecule is COc1ccc(OC)c(C(c2ccc(C)cc2C)N2CCCC(C(=O)O)C2)c1. The molecule has 0 aliphatic carbocycles. The average molecular weight is 383 g/mol. The Morgan fingerprint density at radius 3 is 2.54 bits per heavy atom. The van der Waals surface area contributed by atoms with Crippen LogP contribution in [0.2, 0.25) is 0 Å². The van der Waals surface area contributed by atoms with Crippen molar-refractivity contribution in [3.63, 3.8) is 0 Å². The Morgan fingerprint density at radius 1 is 1.11 bits per heavy atom. The lowest BCUT2D eigenvalue weighted by molar-refractivity contribution is -0.143. The molecule has 0 spiro atoms. The molecule has 0 amide bonds. The Morgan fingerprint density at radius 2 is 1.89 bits per heavy atom. The molecule has 28 heavy (non-hydrogen) atoms. The van der Waals surface area contributed by atoms with E-state index in [9.17, 15) is 9.90 Å². The van der Waals surface area contributed by atoms with Gasteiger partial charge in [-0.1, -0.05) is 23.8 Å². The number of hydrogen-bond acceptors (Lipinski definition) is 4. The molecule has 5 heteroatoms. The smallest absolute Gasteiger partial charge is 0.307 e. The molecule has 0 aromatic heterocycles. The molecule has 1 aliphatic heterocycles. The lowest BCUT2D eigenvalue weighted by Gasteiger charge is -2.38. The summed E-state index contributed by atoms with van der Waals surface area (Å²) < 4.78 is 11.1. The second-order valence-electron chi connectivity index (χ2n) is 7.54. The van der Waals surface area contributed by atoms with Crippen LogP contribution < -0.4 is 9.47 Å². The number of aryl methyl sites for hydroxylation is 2. The third-order valence-electron chi connectivity index (χ3n) is 5.62. The molecule has 1 fully saturated rings. The Hall–Kier alpha value is -2.53. The highest BCUT2D eigenvalue weighted by Gasteiger charge is 2.33. The second-order valence-corrected chi connectivity index (χ2v) is 7.54. The van der Waals surface area contributed by atoms with E-state index in [1.165, 1.54) is 16.7 Å². The Labute approximate surface area is 166 Å². The summed E-state index contributed by atoms with van der Waals surface area (Å²) in [5, 5.41) is 9.58. The molecule has 0 bridgehead atoms. The normalized spacial score (nSPS) is 18.5. The Bertz CT molecular complexity index is 848. The molecule has 0 saturated carbocycles. The Balaban J connectivity index is 2.13. The number of piperidine rings is 1. The maximum absolute atomic E-state index is 11.7. The van der Waals surface area contributed by atoms with Crippen molar-refractivity contribution in [2.75, 3.05) is 27.3 Å². The fourth-order valence-corrected chi connectivity index (χ4v) is 4.19. The maximum Gasteiger partial charge on any atom is 0.307 e. The first-order valence-electron chi connectivity index (χ1n) is 9.70. The average Bonchev–Trinajstić information content (AvgIpc) is 2.70. The van der Waals surface area contributed by atoms with E-state index in [-0.39, 0.29) is 12.0 Å². The first kappa shape index (κ1) is 20.2. The van der Waals surface area contributed by atoms with Gasteiger partial charge < -0.3 is 14.6 Å². The van der Waals surface area contributed by atoms with Gasteiger partial charge in [0, 0.05) is 12.1 Å². The highest BCUT2D eigenvalue weighted by molar-refractivity contribution is 5.70. The summed E-state index contributed by atoms with van der Waals surface area (Å²) in [7, 11) is 3.32. The molecule has 2 unspecified atom stereocenters. The van der Waals surface area contributed by atoms with Crippen molar-refractivity contribution in [3.05, 3.63) is 58.7 Å². The van der Waals surface area contributed by atoms with Gasteiger partial charge in [0.05, 0.1) is 26.2 Å². The molecule has 2 aromatic rings. The van der Waals surface area contributed by atoms with Gasteiger partial charge in [-0.25, -0.2) is 0 Å². The van der Waals surface area contributed by atoms with Crippen LogP contribution in [0.25, 0.3) is 0 Å². The number of ether oxygens (including phenoxy) is 2. The van der Waals surface area contributed by atoms with Crippen molar-refractivity contribution in [1.29, 1.82) is 0 Å². The van der Waals surface area contributed by atoms with Crippen molar-refractivity contribution in [2.24, 2.45) is 5.92 Å². The first-order chi connectivity index (χ1) is 13.4. The number of rotatable bonds is 6. The predicted octanol–water partition coefficient (Wildman–Crippen LogP) is 4.21. The molecular formula is C23H29NO4. The van der Waals surface area contributed by atoms with Gasteiger partial charge in [-0.15, -0.1) is 0 Å². The summed E-state index contributed by atoms with van der Waals surface area (Å²) >= 11 is 0. The van der Waals surface area contributed by atoms with Crippen LogP contribution in [0.3, 0.4) is 0 Å². The summed E-state index contributed by atoms with van der Waals surface area (Å²) in [5.41, 5.74) is 4.56. The molecule has 150 valence electrons. The van der Waals surface area contributed by atoms with Crippen LogP contribution >= 0.6 is 0 Å². The number of hydrogen-bond donors (Lipinski definition) is 1. The molecule has 2 atom stereocenters. The van der Waals surface area contributed by atoms with Crippen LogP contribution in [0.4, 0.5) is 0 Å². The molecule has 1 N–H and O–H groups in total. The third kappa shape index (κ3) is 4.14. The van der Waals surface area contributed by atoms with E-state index < -0.39 is 5.97 Å². The molecule has 2 aromatic carbocycles. The van der Waals surface area contributed by atoms with Crippen LogP contribution in [0, 0.1) is 19.8 Å². The number of carboxylic acid groups (broad SMARTS) is 1. The van der Waals surface area contributed by atoms with Crippen LogP contribution in [-0.2, 0) is 4.79 Å². The molecule has 5 nitrogen and oxygen atoms in total. The van der Waals surface area contributed by atoms with E-state index >= 15 is 0 Å². The molecule has 3 rings (SSSR count). The number of carbonyl (C=O) groups is 1. The van der Waals surface area contributed by atoms with Crippen LogP contribution in [0.15, 0.2) is 36.4 Å². The van der Waals surface area contributed by atoms with E-state index in [0.717, 1.165) is 36.4 Å². The largest absolute Gasteiger partial charge is 0.497 e. The lowest BCUT2D eigenvalue weighted by atomic mass is 9.88. The van der Waals surface area contributed by atoms with Gasteiger partial charge in [0.25, 0.3) is 0 Å². The maximum atomic E-state index is 11.7. The zero-order valence-electron chi connectivity index (χ0n) is 17.1. The fourth-order valence-electron chi connectivity index (χ4n) is 4.19. The number of benzene rings is 2. The zero-order valence-corrected chi connectivity index (χ0v) is 17.1. The highest BCUT2D eigenvalue weighted by atomic mass is 16.5. The quantitative estimate of drug-likeness (QED) is 0.810. The minimum Gasteiger partial charge on any atom is -0.497 e. The van der Waals surface area contributed by atoms with Crippen molar-refractivity contribution in [2.45, 2.75) is 32.7 Å². The van der Waals surface area contributed by atoms with Crippen LogP contribution in [0.1, 0.15) is 41.1 Å². The molecule has 1 saturated heterocycles. The van der Waals surface area contributed by atoms with E-state index in [2.05, 4.69) is 36.9 Å². The lowest BCUT2D eigenvalue weighted by Crippen LogP contribution is -2.41. The Kier molecular flexibility index (Phi) is 6.25. The number of methoxy groups -OCH3 is 2. The molecule has 1 aliphatic rings. The fraction of sp³-hybridized carbons (Fsp3) is 0.435. The topological polar surface area (TPSA) is 59.0 Å². The van der Waals surface area contributed by atoms with Crippen molar-refractivity contribution in [1.82, 2.24) is 4.90 Å². The third-order valence-corrected chi connectivity index (χ3v) is 5.62. The van der Waals surface area contributed by atoms with Crippen LogP contribution in [-0.4, -0.2) is 43.3 Å². The van der Waals surface area contributed by atoms with E-state index in [1.54, 1.807) is 14.2 Å². The minimum absolute atomic E-state index is 0.0900. The summed E-state index contributed by atoms with van der Waals surface area (Å²) in [6, 6.07) is 12.2. The summed E-state index contributed by atoms with van der Waals surface area (Å²) in [4.78, 5) is 13.9. The predicted molar refractivity (Wildman–Crippen MR) is 109 cm³/mol. The number of aliphatic carboxylic acids is 1. The van der Waals surface area contributed by atoms with E-state index in [0.29, 0.717) is 6.54 Å². The number of nitrogens with zero attached hydrogens (tertiary/aromatic N) is 1. The van der Waals surface area contributed by atoms with Gasteiger partial charge in [0.2, 0.25) is 0 Å². The summed E-state index contributed by atoms with van der Waals surface area (Å²) in [6.45, 7) is 5.57. The highest BCUT2D eigenvalue weighted by Crippen LogP contribution is 2.40. The minimum atomic E-state index is -0.721. The molecule has 0 radical (unpaired) electrons. The van der Waals surface area contributed by atoms with Gasteiger partial charge in [-0.2, -0.15) is 0 Å². The van der Waals surface area contributed by atoms with Crippen LogP contribution in [0.5, 0.6) is 11.5 Å². The number of likely N-dealkylation sites (tertiary alicyclic amines) is 1. The van der Waals surface area contributed by atoms with Gasteiger partial charge in [0.15, 0.2) is 0 Å². The van der Waals surface area contributed by atoms with Gasteiger partial charge in [-0.3, -0.25) is 9.69 Å². The van der Waals surface area contributed by atoms with Crippen molar-refractivity contribution >= 4 is 5.97 Å². The van der Waals surface area contributed by atoms with Gasteiger partial charge in [-0.05, 0) is 62.6 Å². The van der Waals surface area contributed by atoms with Crippen molar-refractivity contribution < 1.29 is 19.4 Å². The summed E-state index contributed by atoms with van der Waals surface area (Å²) in [5.74, 6) is 0.473. The number of carboxylic acids is 1.